The summed E-state index contributed by atoms with van der Waals surface area (Å²) in [5.74, 6) is 0. The Morgan fingerprint density at radius 2 is 1.74 bits per heavy atom. The molecule has 0 radical (unpaired) electrons. The molecule has 0 aromatic heterocycles. The van der Waals surface area contributed by atoms with Gasteiger partial charge in [0.25, 0.3) is 0 Å². The summed E-state index contributed by atoms with van der Waals surface area (Å²) >= 11 is 0. The molecule has 19 heavy (non-hydrogen) atoms. The highest BCUT2D eigenvalue weighted by atomic mass is 16.5. The molecule has 116 valence electrons. The van der Waals surface area contributed by atoms with Crippen molar-refractivity contribution < 1.29 is 4.74 Å². The van der Waals surface area contributed by atoms with Crippen LogP contribution in [0, 0.1) is 0 Å². The number of methoxy groups -OCH3 is 1. The van der Waals surface area contributed by atoms with Gasteiger partial charge in [0.1, 0.15) is 0 Å². The molecule has 1 unspecified atom stereocenters. The van der Waals surface area contributed by atoms with E-state index in [0.717, 1.165) is 13.2 Å². The van der Waals surface area contributed by atoms with Crippen molar-refractivity contribution >= 4 is 0 Å². The molecule has 3 heteroatoms. The van der Waals surface area contributed by atoms with Crippen molar-refractivity contribution in [1.82, 2.24) is 10.2 Å². The van der Waals surface area contributed by atoms with Crippen molar-refractivity contribution in [2.75, 3.05) is 39.9 Å². The number of unbranched alkanes of at least 4 members (excludes halogenated alkanes) is 3. The van der Waals surface area contributed by atoms with Crippen molar-refractivity contribution in [3.8, 4) is 0 Å². The van der Waals surface area contributed by atoms with Crippen LogP contribution in [0.1, 0.15) is 59.3 Å². The average molecular weight is 272 g/mol. The van der Waals surface area contributed by atoms with Crippen LogP contribution < -0.4 is 5.32 Å². The Morgan fingerprint density at radius 3 is 2.37 bits per heavy atom. The quantitative estimate of drug-likeness (QED) is 0.491. The number of nitrogens with one attached hydrogen (secondary N) is 1. The van der Waals surface area contributed by atoms with Crippen molar-refractivity contribution in [3.63, 3.8) is 0 Å². The predicted molar refractivity (Wildman–Crippen MR) is 84.8 cm³/mol. The first-order valence-corrected chi connectivity index (χ1v) is 8.19. The highest BCUT2D eigenvalue weighted by molar-refractivity contribution is 4.65. The van der Waals surface area contributed by atoms with Crippen LogP contribution in [-0.4, -0.2) is 50.8 Å². The minimum absolute atomic E-state index is 0.682. The van der Waals surface area contributed by atoms with Crippen LogP contribution in [0.5, 0.6) is 0 Å². The Hall–Kier alpha value is -0.120. The smallest absolute Gasteiger partial charge is 0.0589 e. The lowest BCUT2D eigenvalue weighted by Crippen LogP contribution is -2.36. The Morgan fingerprint density at radius 1 is 1.00 bits per heavy atom. The largest absolute Gasteiger partial charge is 0.383 e. The van der Waals surface area contributed by atoms with E-state index in [9.17, 15) is 0 Å². The van der Waals surface area contributed by atoms with Gasteiger partial charge in [0.05, 0.1) is 6.61 Å². The van der Waals surface area contributed by atoms with E-state index < -0.39 is 0 Å². The maximum absolute atomic E-state index is 5.20. The van der Waals surface area contributed by atoms with Crippen LogP contribution in [-0.2, 0) is 4.74 Å². The minimum atomic E-state index is 0.682. The lowest BCUT2D eigenvalue weighted by Gasteiger charge is -2.28. The standard InChI is InChI=1S/C16H36N2O/c1-5-11-17-12-9-7-8-10-13-18(14-15-19-4)16(3)6-2/h16-17H,5-15H2,1-4H3. The number of hydrogen-bond acceptors (Lipinski definition) is 3. The predicted octanol–water partition coefficient (Wildman–Crippen LogP) is 3.29. The summed E-state index contributed by atoms with van der Waals surface area (Å²) in [6.45, 7) is 12.3. The summed E-state index contributed by atoms with van der Waals surface area (Å²) < 4.78 is 5.20. The lowest BCUT2D eigenvalue weighted by atomic mass is 10.1. The second-order valence-electron chi connectivity index (χ2n) is 5.45. The first-order chi connectivity index (χ1) is 9.26. The molecule has 0 aromatic rings. The molecule has 0 heterocycles. The third-order valence-electron chi connectivity index (χ3n) is 3.77. The van der Waals surface area contributed by atoms with Crippen molar-refractivity contribution in [3.05, 3.63) is 0 Å². The van der Waals surface area contributed by atoms with E-state index >= 15 is 0 Å². The highest BCUT2D eigenvalue weighted by Crippen LogP contribution is 2.07. The Balaban J connectivity index is 3.52. The van der Waals surface area contributed by atoms with Crippen LogP contribution in [0.2, 0.25) is 0 Å². The molecule has 0 fully saturated rings. The van der Waals surface area contributed by atoms with Gasteiger partial charge in [-0.05, 0) is 52.2 Å². The first-order valence-electron chi connectivity index (χ1n) is 8.19. The Bertz CT molecular complexity index is 176. The van der Waals surface area contributed by atoms with E-state index in [-0.39, 0.29) is 0 Å². The average Bonchev–Trinajstić information content (AvgIpc) is 2.44. The fraction of sp³-hybridized carbons (Fsp3) is 1.00. The third-order valence-corrected chi connectivity index (χ3v) is 3.77. The third kappa shape index (κ3) is 11.4. The molecule has 0 aliphatic rings. The molecule has 0 aliphatic heterocycles. The number of rotatable bonds is 14. The van der Waals surface area contributed by atoms with E-state index in [4.69, 9.17) is 4.74 Å². The number of ether oxygens (including phenoxy) is 1. The molecule has 1 atom stereocenters. The fourth-order valence-corrected chi connectivity index (χ4v) is 2.24. The molecule has 0 aliphatic carbocycles. The van der Waals surface area contributed by atoms with E-state index in [1.165, 1.54) is 58.2 Å². The van der Waals surface area contributed by atoms with Gasteiger partial charge in [-0.3, -0.25) is 4.90 Å². The first kappa shape index (κ1) is 18.9. The molecule has 0 amide bonds. The van der Waals surface area contributed by atoms with Crippen LogP contribution in [0.3, 0.4) is 0 Å². The Kier molecular flexibility index (Phi) is 14.2. The summed E-state index contributed by atoms with van der Waals surface area (Å²) in [5, 5.41) is 3.46. The monoisotopic (exact) mass is 272 g/mol. The molecular weight excluding hydrogens is 236 g/mol. The molecule has 1 N–H and O–H groups in total. The summed E-state index contributed by atoms with van der Waals surface area (Å²) in [4.78, 5) is 2.57. The molecule has 3 nitrogen and oxygen atoms in total. The zero-order valence-corrected chi connectivity index (χ0v) is 13.7. The Labute approximate surface area is 121 Å². The van der Waals surface area contributed by atoms with Crippen LogP contribution in [0.15, 0.2) is 0 Å². The van der Waals surface area contributed by atoms with Crippen LogP contribution >= 0.6 is 0 Å². The molecule has 0 saturated heterocycles. The SMILES string of the molecule is CCCNCCCCCCN(CCOC)C(C)CC. The molecular formula is C16H36N2O. The van der Waals surface area contributed by atoms with E-state index in [1.54, 1.807) is 7.11 Å². The van der Waals surface area contributed by atoms with Gasteiger partial charge in [0.2, 0.25) is 0 Å². The van der Waals surface area contributed by atoms with E-state index in [2.05, 4.69) is 31.0 Å². The maximum atomic E-state index is 5.20. The zero-order valence-electron chi connectivity index (χ0n) is 13.7. The normalized spacial score (nSPS) is 13.1. The second kappa shape index (κ2) is 14.3. The lowest BCUT2D eigenvalue weighted by molar-refractivity contribution is 0.121. The summed E-state index contributed by atoms with van der Waals surface area (Å²) in [7, 11) is 1.79. The van der Waals surface area contributed by atoms with Crippen LogP contribution in [0.4, 0.5) is 0 Å². The highest BCUT2D eigenvalue weighted by Gasteiger charge is 2.10. The topological polar surface area (TPSA) is 24.5 Å². The number of hydrogen-bond donors (Lipinski definition) is 1. The molecule has 0 saturated carbocycles. The second-order valence-corrected chi connectivity index (χ2v) is 5.45. The summed E-state index contributed by atoms with van der Waals surface area (Å²) in [6, 6.07) is 0.682. The fourth-order valence-electron chi connectivity index (χ4n) is 2.24. The van der Waals surface area contributed by atoms with Gasteiger partial charge in [-0.25, -0.2) is 0 Å². The summed E-state index contributed by atoms with van der Waals surface area (Å²) in [5.41, 5.74) is 0. The van der Waals surface area contributed by atoms with E-state index in [1.807, 2.05) is 0 Å². The van der Waals surface area contributed by atoms with Crippen LogP contribution in [0.25, 0.3) is 0 Å². The minimum Gasteiger partial charge on any atom is -0.383 e. The molecule has 0 spiro atoms. The van der Waals surface area contributed by atoms with Crippen molar-refractivity contribution in [2.45, 2.75) is 65.3 Å². The molecule has 0 bridgehead atoms. The van der Waals surface area contributed by atoms with Gasteiger partial charge in [0, 0.05) is 19.7 Å². The van der Waals surface area contributed by atoms with Gasteiger partial charge in [-0.1, -0.05) is 26.7 Å². The van der Waals surface area contributed by atoms with Gasteiger partial charge in [0.15, 0.2) is 0 Å². The van der Waals surface area contributed by atoms with Gasteiger partial charge >= 0.3 is 0 Å². The maximum Gasteiger partial charge on any atom is 0.0589 e. The van der Waals surface area contributed by atoms with Gasteiger partial charge in [-0.2, -0.15) is 0 Å². The number of nitrogens with zero attached hydrogens (tertiary/aromatic N) is 1. The van der Waals surface area contributed by atoms with E-state index in [0.29, 0.717) is 6.04 Å². The summed E-state index contributed by atoms with van der Waals surface area (Å²) in [6.07, 6.45) is 7.82. The van der Waals surface area contributed by atoms with Gasteiger partial charge in [-0.15, -0.1) is 0 Å². The van der Waals surface area contributed by atoms with Crippen molar-refractivity contribution in [2.24, 2.45) is 0 Å². The molecule has 0 aromatic carbocycles. The molecule has 0 rings (SSSR count). The zero-order chi connectivity index (χ0) is 14.3. The van der Waals surface area contributed by atoms with Crippen molar-refractivity contribution in [1.29, 1.82) is 0 Å². The van der Waals surface area contributed by atoms with Gasteiger partial charge < -0.3 is 10.1 Å².